The number of carbonyl (C=O) groups is 1. The molecule has 0 aliphatic carbocycles. The number of hydrogen-bond acceptors (Lipinski definition) is 5. The maximum absolute atomic E-state index is 12.4. The number of aromatic nitrogens is 2. The zero-order valence-electron chi connectivity index (χ0n) is 14.7. The van der Waals surface area contributed by atoms with E-state index in [1.807, 2.05) is 0 Å². The van der Waals surface area contributed by atoms with Crippen LogP contribution in [0, 0.1) is 6.92 Å². The number of anilines is 1. The quantitative estimate of drug-likeness (QED) is 0.825. The third-order valence-electron chi connectivity index (χ3n) is 3.75. The Hall–Kier alpha value is -2.23. The third-order valence-corrected chi connectivity index (χ3v) is 5.92. The predicted octanol–water partition coefficient (Wildman–Crippen LogP) is 1.66. The van der Waals surface area contributed by atoms with Gasteiger partial charge in [-0.15, -0.1) is 0 Å². The molecular weight excluding hydrogens is 380 g/mol. The van der Waals surface area contributed by atoms with Crippen molar-refractivity contribution in [2.75, 3.05) is 19.4 Å². The molecule has 2 aromatic rings. The molecule has 8 nitrogen and oxygen atoms in total. The second kappa shape index (κ2) is 7.56. The highest BCUT2D eigenvalue weighted by Crippen LogP contribution is 2.23. The van der Waals surface area contributed by atoms with Gasteiger partial charge in [0.1, 0.15) is 6.04 Å². The lowest BCUT2D eigenvalue weighted by molar-refractivity contribution is -0.119. The molecule has 0 saturated heterocycles. The molecule has 0 aliphatic heterocycles. The molecule has 1 aromatic heterocycles. The molecule has 0 spiro atoms. The summed E-state index contributed by atoms with van der Waals surface area (Å²) in [5.41, 5.74) is 0.343. The van der Waals surface area contributed by atoms with Gasteiger partial charge in [0.25, 0.3) is 5.56 Å². The topological polar surface area (TPSA) is 101 Å². The number of rotatable bonds is 5. The predicted molar refractivity (Wildman–Crippen MR) is 98.9 cm³/mol. The Morgan fingerprint density at radius 2 is 1.96 bits per heavy atom. The number of benzene rings is 1. The van der Waals surface area contributed by atoms with E-state index in [0.29, 0.717) is 11.3 Å². The fourth-order valence-corrected chi connectivity index (χ4v) is 3.48. The van der Waals surface area contributed by atoms with Crippen molar-refractivity contribution in [3.8, 4) is 0 Å². The lowest BCUT2D eigenvalue weighted by Crippen LogP contribution is -2.33. The molecule has 0 bridgehead atoms. The average molecular weight is 399 g/mol. The Kier molecular flexibility index (Phi) is 5.84. The van der Waals surface area contributed by atoms with Gasteiger partial charge in [0.05, 0.1) is 16.1 Å². The van der Waals surface area contributed by atoms with Crippen LogP contribution in [0.5, 0.6) is 0 Å². The first kappa shape index (κ1) is 20.1. The van der Waals surface area contributed by atoms with Crippen molar-refractivity contribution in [2.45, 2.75) is 24.8 Å². The van der Waals surface area contributed by atoms with Crippen molar-refractivity contribution in [2.24, 2.45) is 0 Å². The number of amides is 1. The maximum Gasteiger partial charge on any atom is 0.268 e. The van der Waals surface area contributed by atoms with Gasteiger partial charge in [0, 0.05) is 25.8 Å². The molecular formula is C16H19ClN4O4S. The Labute approximate surface area is 156 Å². The van der Waals surface area contributed by atoms with Crippen LogP contribution >= 0.6 is 11.6 Å². The largest absolute Gasteiger partial charge is 0.324 e. The molecule has 0 unspecified atom stereocenters. The minimum atomic E-state index is -3.65. The smallest absolute Gasteiger partial charge is 0.268 e. The van der Waals surface area contributed by atoms with Gasteiger partial charge in [-0.1, -0.05) is 17.7 Å². The highest BCUT2D eigenvalue weighted by atomic mass is 35.5. The van der Waals surface area contributed by atoms with Crippen molar-refractivity contribution < 1.29 is 13.2 Å². The third kappa shape index (κ3) is 4.12. The van der Waals surface area contributed by atoms with E-state index in [1.54, 1.807) is 19.1 Å². The maximum atomic E-state index is 12.4. The van der Waals surface area contributed by atoms with Crippen molar-refractivity contribution >= 4 is 33.2 Å². The molecule has 1 N–H and O–H groups in total. The van der Waals surface area contributed by atoms with E-state index in [2.05, 4.69) is 10.4 Å². The first-order chi connectivity index (χ1) is 12.0. The standard InChI is InChI=1S/C16H19ClN4O4S/c1-10-5-6-13(8-14(10)26(24,25)20(3)4)19-16(23)11(2)21-15(22)7-12(17)9-18-21/h5-9,11H,1-4H3,(H,19,23)/t11-/m1/s1. The van der Waals surface area contributed by atoms with E-state index in [9.17, 15) is 18.0 Å². The van der Waals surface area contributed by atoms with Crippen LogP contribution in [-0.4, -0.2) is 42.5 Å². The molecule has 0 aliphatic rings. The number of halogens is 1. The number of nitrogens with zero attached hydrogens (tertiary/aromatic N) is 3. The fraction of sp³-hybridized carbons (Fsp3) is 0.312. The second-order valence-electron chi connectivity index (χ2n) is 5.89. The molecule has 10 heteroatoms. The molecule has 0 radical (unpaired) electrons. The average Bonchev–Trinajstić information content (AvgIpc) is 2.55. The Bertz CT molecular complexity index is 1000. The SMILES string of the molecule is Cc1ccc(NC(=O)[C@@H](C)n2ncc(Cl)cc2=O)cc1S(=O)(=O)N(C)C. The van der Waals surface area contributed by atoms with Crippen molar-refractivity contribution in [3.05, 3.63) is 51.4 Å². The van der Waals surface area contributed by atoms with Crippen LogP contribution in [0.4, 0.5) is 5.69 Å². The Balaban J connectivity index is 2.31. The number of hydrogen-bond donors (Lipinski definition) is 1. The zero-order valence-corrected chi connectivity index (χ0v) is 16.3. The van der Waals surface area contributed by atoms with Gasteiger partial charge in [0.2, 0.25) is 15.9 Å². The fourth-order valence-electron chi connectivity index (χ4n) is 2.20. The molecule has 1 heterocycles. The van der Waals surface area contributed by atoms with Crippen LogP contribution in [0.3, 0.4) is 0 Å². The van der Waals surface area contributed by atoms with Gasteiger partial charge >= 0.3 is 0 Å². The van der Waals surface area contributed by atoms with Gasteiger partial charge in [-0.3, -0.25) is 9.59 Å². The highest BCUT2D eigenvalue weighted by Gasteiger charge is 2.22. The van der Waals surface area contributed by atoms with Crippen LogP contribution in [-0.2, 0) is 14.8 Å². The lowest BCUT2D eigenvalue weighted by atomic mass is 10.2. The number of nitrogens with one attached hydrogen (secondary N) is 1. The summed E-state index contributed by atoms with van der Waals surface area (Å²) in [6.07, 6.45) is 1.26. The summed E-state index contributed by atoms with van der Waals surface area (Å²) in [5.74, 6) is -0.515. The normalized spacial score (nSPS) is 12.8. The van der Waals surface area contributed by atoms with Gasteiger partial charge < -0.3 is 5.32 Å². The van der Waals surface area contributed by atoms with Crippen LogP contribution in [0.1, 0.15) is 18.5 Å². The van der Waals surface area contributed by atoms with E-state index in [1.165, 1.54) is 33.3 Å². The Morgan fingerprint density at radius 3 is 2.54 bits per heavy atom. The molecule has 1 amide bonds. The first-order valence-electron chi connectivity index (χ1n) is 7.62. The van der Waals surface area contributed by atoms with E-state index in [-0.39, 0.29) is 9.92 Å². The summed E-state index contributed by atoms with van der Waals surface area (Å²) in [7, 11) is -0.787. The Morgan fingerprint density at radius 1 is 1.31 bits per heavy atom. The van der Waals surface area contributed by atoms with E-state index >= 15 is 0 Å². The van der Waals surface area contributed by atoms with E-state index in [0.717, 1.165) is 15.1 Å². The minimum absolute atomic E-state index is 0.0923. The van der Waals surface area contributed by atoms with E-state index < -0.39 is 27.5 Å². The molecule has 140 valence electrons. The van der Waals surface area contributed by atoms with E-state index in [4.69, 9.17) is 11.6 Å². The summed E-state index contributed by atoms with van der Waals surface area (Å²) in [6, 6.07) is 4.82. The molecule has 2 rings (SSSR count). The monoisotopic (exact) mass is 398 g/mol. The van der Waals surface area contributed by atoms with Crippen molar-refractivity contribution in [3.63, 3.8) is 0 Å². The van der Waals surface area contributed by atoms with Crippen LogP contribution < -0.4 is 10.9 Å². The zero-order chi connectivity index (χ0) is 19.6. The minimum Gasteiger partial charge on any atom is -0.324 e. The molecule has 0 fully saturated rings. The van der Waals surface area contributed by atoms with Gasteiger partial charge in [0.15, 0.2) is 0 Å². The van der Waals surface area contributed by atoms with Gasteiger partial charge in [-0.25, -0.2) is 17.4 Å². The number of sulfonamides is 1. The highest BCUT2D eigenvalue weighted by molar-refractivity contribution is 7.89. The molecule has 0 saturated carbocycles. The second-order valence-corrected chi connectivity index (χ2v) is 8.45. The summed E-state index contributed by atoms with van der Waals surface area (Å²) in [5, 5.41) is 6.63. The lowest BCUT2D eigenvalue weighted by Gasteiger charge is -2.17. The number of carbonyl (C=O) groups excluding carboxylic acids is 1. The van der Waals surface area contributed by atoms with Crippen LogP contribution in [0.15, 0.2) is 40.2 Å². The van der Waals surface area contributed by atoms with Crippen LogP contribution in [0.2, 0.25) is 5.02 Å². The summed E-state index contributed by atoms with van der Waals surface area (Å²) in [6.45, 7) is 3.17. The molecule has 26 heavy (non-hydrogen) atoms. The number of aryl methyl sites for hydroxylation is 1. The van der Waals surface area contributed by atoms with Crippen molar-refractivity contribution in [1.29, 1.82) is 0 Å². The summed E-state index contributed by atoms with van der Waals surface area (Å²) < 4.78 is 26.8. The van der Waals surface area contributed by atoms with Gasteiger partial charge in [-0.2, -0.15) is 5.10 Å². The molecule has 1 atom stereocenters. The first-order valence-corrected chi connectivity index (χ1v) is 9.44. The van der Waals surface area contributed by atoms with Gasteiger partial charge in [-0.05, 0) is 31.5 Å². The summed E-state index contributed by atoms with van der Waals surface area (Å²) >= 11 is 5.69. The van der Waals surface area contributed by atoms with Crippen molar-refractivity contribution in [1.82, 2.24) is 14.1 Å². The molecule has 1 aromatic carbocycles. The van der Waals surface area contributed by atoms with Crippen LogP contribution in [0.25, 0.3) is 0 Å². The summed E-state index contributed by atoms with van der Waals surface area (Å²) in [4.78, 5) is 24.4.